The minimum absolute atomic E-state index is 0.00806. The normalized spacial score (nSPS) is 15.1. The zero-order chi connectivity index (χ0) is 13.1. The highest BCUT2D eigenvalue weighted by atomic mass is 35.5. The van der Waals surface area contributed by atoms with Crippen LogP contribution in [0.25, 0.3) is 0 Å². The van der Waals surface area contributed by atoms with Crippen LogP contribution in [-0.2, 0) is 4.79 Å². The van der Waals surface area contributed by atoms with Crippen LogP contribution in [-0.4, -0.2) is 16.8 Å². The number of carbonyl (C=O) groups is 1. The van der Waals surface area contributed by atoms with Gasteiger partial charge in [-0.25, -0.2) is 0 Å². The molecule has 2 atom stereocenters. The standard InChI is InChI=1S/C14H20ClNO/c1-10(12-8-6-5-7-9-12)13(17)16-14(3,4)11(2)15/h5-11H,1-4H3,(H,16,17). The van der Waals surface area contributed by atoms with Crippen LogP contribution in [0.15, 0.2) is 30.3 Å². The topological polar surface area (TPSA) is 29.1 Å². The number of carbonyl (C=O) groups excluding carboxylic acids is 1. The predicted octanol–water partition coefficient (Wildman–Crippen LogP) is 3.31. The van der Waals surface area contributed by atoms with Gasteiger partial charge in [-0.3, -0.25) is 4.79 Å². The number of halogens is 1. The van der Waals surface area contributed by atoms with Gasteiger partial charge in [0.25, 0.3) is 0 Å². The Balaban J connectivity index is 2.72. The molecule has 17 heavy (non-hydrogen) atoms. The highest BCUT2D eigenvalue weighted by Crippen LogP contribution is 2.19. The maximum Gasteiger partial charge on any atom is 0.227 e. The number of alkyl halides is 1. The third-order valence-electron chi connectivity index (χ3n) is 3.13. The molecule has 0 heterocycles. The molecule has 2 nitrogen and oxygen atoms in total. The number of hydrogen-bond donors (Lipinski definition) is 1. The van der Waals surface area contributed by atoms with Crippen molar-refractivity contribution in [2.75, 3.05) is 0 Å². The van der Waals surface area contributed by atoms with E-state index in [-0.39, 0.29) is 17.2 Å². The molecule has 94 valence electrons. The van der Waals surface area contributed by atoms with E-state index in [9.17, 15) is 4.79 Å². The van der Waals surface area contributed by atoms with Gasteiger partial charge in [0.1, 0.15) is 0 Å². The Morgan fingerprint density at radius 2 is 1.76 bits per heavy atom. The van der Waals surface area contributed by atoms with Crippen LogP contribution in [0.1, 0.15) is 39.2 Å². The average molecular weight is 254 g/mol. The monoisotopic (exact) mass is 253 g/mol. The molecular formula is C14H20ClNO. The Bertz CT molecular complexity index is 373. The molecule has 0 saturated carbocycles. The second-order valence-electron chi connectivity index (χ2n) is 4.96. The lowest BCUT2D eigenvalue weighted by atomic mass is 9.96. The van der Waals surface area contributed by atoms with Gasteiger partial charge in [-0.15, -0.1) is 11.6 Å². The summed E-state index contributed by atoms with van der Waals surface area (Å²) in [4.78, 5) is 12.1. The van der Waals surface area contributed by atoms with Gasteiger partial charge < -0.3 is 5.32 Å². The molecule has 0 aliphatic rings. The van der Waals surface area contributed by atoms with E-state index < -0.39 is 5.54 Å². The maximum atomic E-state index is 12.1. The fraction of sp³-hybridized carbons (Fsp3) is 0.500. The fourth-order valence-corrected chi connectivity index (χ4v) is 1.47. The molecular weight excluding hydrogens is 234 g/mol. The van der Waals surface area contributed by atoms with E-state index >= 15 is 0 Å². The lowest BCUT2D eigenvalue weighted by Crippen LogP contribution is -2.50. The van der Waals surface area contributed by atoms with Crippen molar-refractivity contribution < 1.29 is 4.79 Å². The second-order valence-corrected chi connectivity index (χ2v) is 5.61. The molecule has 2 unspecified atom stereocenters. The summed E-state index contributed by atoms with van der Waals surface area (Å²) in [5.41, 5.74) is 0.616. The van der Waals surface area contributed by atoms with E-state index in [4.69, 9.17) is 11.6 Å². The Morgan fingerprint density at radius 3 is 2.24 bits per heavy atom. The van der Waals surface area contributed by atoms with Crippen molar-refractivity contribution in [3.05, 3.63) is 35.9 Å². The molecule has 1 amide bonds. The van der Waals surface area contributed by atoms with Gasteiger partial charge in [0.15, 0.2) is 0 Å². The highest BCUT2D eigenvalue weighted by molar-refractivity contribution is 6.21. The number of rotatable bonds is 4. The van der Waals surface area contributed by atoms with E-state index in [1.54, 1.807) is 0 Å². The molecule has 0 aliphatic carbocycles. The smallest absolute Gasteiger partial charge is 0.227 e. The third-order valence-corrected chi connectivity index (χ3v) is 3.68. The van der Waals surface area contributed by atoms with Crippen molar-refractivity contribution in [1.29, 1.82) is 0 Å². The fourth-order valence-electron chi connectivity index (χ4n) is 1.42. The largest absolute Gasteiger partial charge is 0.349 e. The Kier molecular flexibility index (Phi) is 4.58. The van der Waals surface area contributed by atoms with Gasteiger partial charge >= 0.3 is 0 Å². The molecule has 1 N–H and O–H groups in total. The number of benzene rings is 1. The van der Waals surface area contributed by atoms with Crippen molar-refractivity contribution in [3.8, 4) is 0 Å². The molecule has 1 rings (SSSR count). The Morgan fingerprint density at radius 1 is 1.24 bits per heavy atom. The van der Waals surface area contributed by atoms with Crippen molar-refractivity contribution in [2.24, 2.45) is 0 Å². The molecule has 0 saturated heterocycles. The van der Waals surface area contributed by atoms with Gasteiger partial charge in [0, 0.05) is 0 Å². The van der Waals surface area contributed by atoms with Crippen LogP contribution >= 0.6 is 11.6 Å². The zero-order valence-corrected chi connectivity index (χ0v) is 11.6. The van der Waals surface area contributed by atoms with Crippen molar-refractivity contribution in [1.82, 2.24) is 5.32 Å². The Labute approximate surface area is 108 Å². The van der Waals surface area contributed by atoms with Crippen LogP contribution < -0.4 is 5.32 Å². The summed E-state index contributed by atoms with van der Waals surface area (Å²) in [7, 11) is 0. The molecule has 0 aromatic heterocycles. The van der Waals surface area contributed by atoms with Gasteiger partial charge in [0.05, 0.1) is 16.8 Å². The van der Waals surface area contributed by atoms with Gasteiger partial charge in [-0.05, 0) is 33.3 Å². The van der Waals surface area contributed by atoms with Crippen molar-refractivity contribution in [3.63, 3.8) is 0 Å². The summed E-state index contributed by atoms with van der Waals surface area (Å²) in [5.74, 6) is -0.153. The lowest BCUT2D eigenvalue weighted by molar-refractivity contribution is -0.123. The minimum atomic E-state index is -0.401. The molecule has 0 spiro atoms. The number of nitrogens with one attached hydrogen (secondary N) is 1. The van der Waals surface area contributed by atoms with Crippen molar-refractivity contribution in [2.45, 2.75) is 44.5 Å². The van der Waals surface area contributed by atoms with Crippen LogP contribution in [0, 0.1) is 0 Å². The van der Waals surface area contributed by atoms with E-state index in [2.05, 4.69) is 5.32 Å². The van der Waals surface area contributed by atoms with Crippen molar-refractivity contribution >= 4 is 17.5 Å². The molecule has 0 bridgehead atoms. The molecule has 0 fully saturated rings. The summed E-state index contributed by atoms with van der Waals surface area (Å²) in [5, 5.41) is 2.87. The van der Waals surface area contributed by atoms with Crippen LogP contribution in [0.2, 0.25) is 0 Å². The average Bonchev–Trinajstić information content (AvgIpc) is 2.28. The molecule has 0 radical (unpaired) electrons. The number of amides is 1. The molecule has 0 aliphatic heterocycles. The van der Waals surface area contributed by atoms with Gasteiger partial charge in [-0.2, -0.15) is 0 Å². The Hall–Kier alpha value is -1.02. The summed E-state index contributed by atoms with van der Waals surface area (Å²) in [6, 6.07) is 9.74. The van der Waals surface area contributed by atoms with E-state index in [0.29, 0.717) is 0 Å². The predicted molar refractivity (Wildman–Crippen MR) is 72.4 cm³/mol. The first-order valence-corrected chi connectivity index (χ1v) is 6.29. The quantitative estimate of drug-likeness (QED) is 0.820. The van der Waals surface area contributed by atoms with E-state index in [1.165, 1.54) is 0 Å². The maximum absolute atomic E-state index is 12.1. The first-order chi connectivity index (χ1) is 7.84. The minimum Gasteiger partial charge on any atom is -0.349 e. The van der Waals surface area contributed by atoms with E-state index in [1.807, 2.05) is 58.0 Å². The first kappa shape index (κ1) is 14.0. The summed E-state index contributed by atoms with van der Waals surface area (Å²) >= 11 is 6.05. The highest BCUT2D eigenvalue weighted by Gasteiger charge is 2.28. The summed E-state index contributed by atoms with van der Waals surface area (Å²) in [6.45, 7) is 7.65. The zero-order valence-electron chi connectivity index (χ0n) is 10.8. The summed E-state index contributed by atoms with van der Waals surface area (Å²) in [6.07, 6.45) is 0. The SMILES string of the molecule is CC(C(=O)NC(C)(C)C(C)Cl)c1ccccc1. The molecule has 1 aromatic rings. The number of hydrogen-bond acceptors (Lipinski definition) is 1. The summed E-state index contributed by atoms with van der Waals surface area (Å²) < 4.78 is 0. The second kappa shape index (κ2) is 5.54. The molecule has 1 aromatic carbocycles. The third kappa shape index (κ3) is 3.74. The van der Waals surface area contributed by atoms with E-state index in [0.717, 1.165) is 5.56 Å². The molecule has 3 heteroatoms. The van der Waals surface area contributed by atoms with Crippen LogP contribution in [0.4, 0.5) is 0 Å². The van der Waals surface area contributed by atoms with Gasteiger partial charge in [-0.1, -0.05) is 30.3 Å². The van der Waals surface area contributed by atoms with Crippen LogP contribution in [0.5, 0.6) is 0 Å². The lowest BCUT2D eigenvalue weighted by Gasteiger charge is -2.30. The van der Waals surface area contributed by atoms with Crippen LogP contribution in [0.3, 0.4) is 0 Å². The first-order valence-electron chi connectivity index (χ1n) is 5.85. The van der Waals surface area contributed by atoms with Gasteiger partial charge in [0.2, 0.25) is 5.91 Å².